The second kappa shape index (κ2) is 4.79. The van der Waals surface area contributed by atoms with Crippen molar-refractivity contribution in [2.24, 2.45) is 0 Å². The minimum absolute atomic E-state index is 0.0191. The first kappa shape index (κ1) is 12.0. The van der Waals surface area contributed by atoms with Gasteiger partial charge < -0.3 is 0 Å². The summed E-state index contributed by atoms with van der Waals surface area (Å²) in [5.41, 5.74) is 1.48. The lowest BCUT2D eigenvalue weighted by Gasteiger charge is -2.04. The van der Waals surface area contributed by atoms with E-state index in [1.165, 1.54) is 25.3 Å². The number of Topliss-reactive ketones (excluding diaryl/α,β-unsaturated/α-hetero) is 1. The molecule has 2 rings (SSSR count). The lowest BCUT2D eigenvalue weighted by Crippen LogP contribution is -2.01. The minimum Gasteiger partial charge on any atom is -0.294 e. The summed E-state index contributed by atoms with van der Waals surface area (Å²) in [5.74, 6) is -0.306. The van der Waals surface area contributed by atoms with E-state index >= 15 is 0 Å². The molecule has 0 fully saturated rings. The number of halogens is 2. The van der Waals surface area contributed by atoms with E-state index in [1.54, 1.807) is 16.9 Å². The molecule has 0 spiro atoms. The van der Waals surface area contributed by atoms with Crippen LogP contribution in [0.2, 0.25) is 0 Å². The monoisotopic (exact) mass is 296 g/mol. The van der Waals surface area contributed by atoms with Crippen molar-refractivity contribution in [3.8, 4) is 0 Å². The molecule has 0 aliphatic carbocycles. The Balaban J connectivity index is 2.22. The number of ketones is 1. The molecule has 0 unspecified atom stereocenters. The van der Waals surface area contributed by atoms with Crippen molar-refractivity contribution in [3.63, 3.8) is 0 Å². The number of rotatable bonds is 3. The molecule has 0 saturated heterocycles. The van der Waals surface area contributed by atoms with Crippen molar-refractivity contribution in [3.05, 3.63) is 52.0 Å². The van der Waals surface area contributed by atoms with Crippen molar-refractivity contribution in [1.82, 2.24) is 9.78 Å². The van der Waals surface area contributed by atoms with Gasteiger partial charge in [-0.05, 0) is 24.6 Å². The molecule has 0 radical (unpaired) electrons. The van der Waals surface area contributed by atoms with E-state index in [-0.39, 0.29) is 11.6 Å². The standard InChI is InChI=1S/C12H10BrFN2O/c1-8(17)10-5-15-16(7-10)6-9-2-3-11(14)4-12(9)13/h2-5,7H,6H2,1H3. The Labute approximate surface area is 106 Å². The molecule has 0 N–H and O–H groups in total. The van der Waals surface area contributed by atoms with Crippen LogP contribution in [-0.4, -0.2) is 15.6 Å². The van der Waals surface area contributed by atoms with Gasteiger partial charge in [0, 0.05) is 10.7 Å². The van der Waals surface area contributed by atoms with Crippen LogP contribution < -0.4 is 0 Å². The first-order valence-electron chi connectivity index (χ1n) is 5.03. The largest absolute Gasteiger partial charge is 0.294 e. The topological polar surface area (TPSA) is 34.9 Å². The van der Waals surface area contributed by atoms with Crippen LogP contribution >= 0.6 is 15.9 Å². The molecule has 88 valence electrons. The molecule has 0 bridgehead atoms. The number of hydrogen-bond donors (Lipinski definition) is 0. The predicted molar refractivity (Wildman–Crippen MR) is 65.4 cm³/mol. The fourth-order valence-electron chi connectivity index (χ4n) is 1.46. The summed E-state index contributed by atoms with van der Waals surface area (Å²) >= 11 is 3.29. The molecule has 0 atom stereocenters. The van der Waals surface area contributed by atoms with Gasteiger partial charge in [-0.15, -0.1) is 0 Å². The van der Waals surface area contributed by atoms with Crippen molar-refractivity contribution in [2.45, 2.75) is 13.5 Å². The third kappa shape index (κ3) is 2.79. The van der Waals surface area contributed by atoms with Gasteiger partial charge in [0.05, 0.1) is 18.3 Å². The summed E-state index contributed by atoms with van der Waals surface area (Å²) < 4.78 is 15.2. The van der Waals surface area contributed by atoms with Crippen molar-refractivity contribution in [2.75, 3.05) is 0 Å². The first-order chi connectivity index (χ1) is 8.06. The lowest BCUT2D eigenvalue weighted by molar-refractivity contribution is 0.101. The van der Waals surface area contributed by atoms with Gasteiger partial charge in [-0.2, -0.15) is 5.10 Å². The highest BCUT2D eigenvalue weighted by molar-refractivity contribution is 9.10. The van der Waals surface area contributed by atoms with Crippen LogP contribution in [-0.2, 0) is 6.54 Å². The molecule has 1 aromatic heterocycles. The van der Waals surface area contributed by atoms with Gasteiger partial charge in [-0.25, -0.2) is 4.39 Å². The normalized spacial score (nSPS) is 10.5. The van der Waals surface area contributed by atoms with Crippen LogP contribution in [0.5, 0.6) is 0 Å². The summed E-state index contributed by atoms with van der Waals surface area (Å²) in [6.45, 7) is 1.99. The number of benzene rings is 1. The Morgan fingerprint density at radius 1 is 1.53 bits per heavy atom. The fraction of sp³-hybridized carbons (Fsp3) is 0.167. The highest BCUT2D eigenvalue weighted by atomic mass is 79.9. The SMILES string of the molecule is CC(=O)c1cnn(Cc2ccc(F)cc2Br)c1. The fourth-order valence-corrected chi connectivity index (χ4v) is 1.93. The highest BCUT2D eigenvalue weighted by Gasteiger charge is 2.06. The zero-order chi connectivity index (χ0) is 12.4. The molecule has 1 heterocycles. The predicted octanol–water partition coefficient (Wildman–Crippen LogP) is 3.04. The van der Waals surface area contributed by atoms with Gasteiger partial charge in [0.1, 0.15) is 5.82 Å². The molecule has 1 aromatic carbocycles. The molecule has 2 aromatic rings. The maximum atomic E-state index is 12.9. The molecule has 0 aliphatic heterocycles. The van der Waals surface area contributed by atoms with Crippen LogP contribution in [0.25, 0.3) is 0 Å². The molecular formula is C12H10BrFN2O. The van der Waals surface area contributed by atoms with Gasteiger partial charge in [0.2, 0.25) is 0 Å². The maximum Gasteiger partial charge on any atom is 0.162 e. The highest BCUT2D eigenvalue weighted by Crippen LogP contribution is 2.19. The zero-order valence-electron chi connectivity index (χ0n) is 9.15. The van der Waals surface area contributed by atoms with E-state index in [2.05, 4.69) is 21.0 Å². The molecule has 3 nitrogen and oxygen atoms in total. The summed E-state index contributed by atoms with van der Waals surface area (Å²) in [6.07, 6.45) is 3.21. The van der Waals surface area contributed by atoms with E-state index in [1.807, 2.05) is 0 Å². The van der Waals surface area contributed by atoms with Gasteiger partial charge in [0.25, 0.3) is 0 Å². The Morgan fingerprint density at radius 2 is 2.29 bits per heavy atom. The molecule has 17 heavy (non-hydrogen) atoms. The van der Waals surface area contributed by atoms with Gasteiger partial charge >= 0.3 is 0 Å². The van der Waals surface area contributed by atoms with E-state index in [0.29, 0.717) is 16.6 Å². The van der Waals surface area contributed by atoms with Gasteiger partial charge in [-0.3, -0.25) is 9.48 Å². The molecule has 0 amide bonds. The average molecular weight is 297 g/mol. The van der Waals surface area contributed by atoms with Crippen LogP contribution in [0.3, 0.4) is 0 Å². The Kier molecular flexibility index (Phi) is 3.38. The lowest BCUT2D eigenvalue weighted by atomic mass is 10.2. The summed E-state index contributed by atoms with van der Waals surface area (Å²) in [7, 11) is 0. The first-order valence-corrected chi connectivity index (χ1v) is 5.83. The Morgan fingerprint density at radius 3 is 2.88 bits per heavy atom. The molecule has 0 aliphatic rings. The molecule has 0 saturated carbocycles. The van der Waals surface area contributed by atoms with E-state index in [4.69, 9.17) is 0 Å². The van der Waals surface area contributed by atoms with Crippen molar-refractivity contribution in [1.29, 1.82) is 0 Å². The number of nitrogens with zero attached hydrogens (tertiary/aromatic N) is 2. The average Bonchev–Trinajstić information content (AvgIpc) is 2.71. The van der Waals surface area contributed by atoms with Crippen LogP contribution in [0.15, 0.2) is 35.1 Å². The smallest absolute Gasteiger partial charge is 0.162 e. The van der Waals surface area contributed by atoms with Gasteiger partial charge in [-0.1, -0.05) is 22.0 Å². The summed E-state index contributed by atoms with van der Waals surface area (Å²) in [6, 6.07) is 4.49. The molecule has 5 heteroatoms. The second-order valence-corrected chi connectivity index (χ2v) is 4.57. The Bertz CT molecular complexity index is 565. The second-order valence-electron chi connectivity index (χ2n) is 3.72. The van der Waals surface area contributed by atoms with Gasteiger partial charge in [0.15, 0.2) is 5.78 Å². The zero-order valence-corrected chi connectivity index (χ0v) is 10.7. The van der Waals surface area contributed by atoms with Crippen LogP contribution in [0, 0.1) is 5.82 Å². The van der Waals surface area contributed by atoms with E-state index in [0.717, 1.165) is 5.56 Å². The Hall–Kier alpha value is -1.49. The van der Waals surface area contributed by atoms with Crippen molar-refractivity contribution < 1.29 is 9.18 Å². The minimum atomic E-state index is -0.287. The van der Waals surface area contributed by atoms with Crippen molar-refractivity contribution >= 4 is 21.7 Å². The third-order valence-corrected chi connectivity index (χ3v) is 3.13. The number of hydrogen-bond acceptors (Lipinski definition) is 2. The summed E-state index contributed by atoms with van der Waals surface area (Å²) in [5, 5.41) is 4.08. The van der Waals surface area contributed by atoms with Crippen LogP contribution in [0.4, 0.5) is 4.39 Å². The molecular weight excluding hydrogens is 287 g/mol. The third-order valence-electron chi connectivity index (χ3n) is 2.39. The number of aromatic nitrogens is 2. The quantitative estimate of drug-likeness (QED) is 0.816. The number of carbonyl (C=O) groups excluding carboxylic acids is 1. The summed E-state index contributed by atoms with van der Waals surface area (Å²) in [4.78, 5) is 11.1. The van der Waals surface area contributed by atoms with E-state index in [9.17, 15) is 9.18 Å². The van der Waals surface area contributed by atoms with E-state index < -0.39 is 0 Å². The maximum absolute atomic E-state index is 12.9. The number of carbonyl (C=O) groups is 1. The van der Waals surface area contributed by atoms with Crippen LogP contribution in [0.1, 0.15) is 22.8 Å².